The van der Waals surface area contributed by atoms with Crippen molar-refractivity contribution in [2.24, 2.45) is 5.10 Å². The summed E-state index contributed by atoms with van der Waals surface area (Å²) in [6, 6.07) is 10.0. The molecule has 0 aliphatic carbocycles. The number of halogens is 1. The molecule has 2 rings (SSSR count). The molecule has 19 heavy (non-hydrogen) atoms. The van der Waals surface area contributed by atoms with Gasteiger partial charge < -0.3 is 0 Å². The molecular weight excluding hydrogens is 324 g/mol. The summed E-state index contributed by atoms with van der Waals surface area (Å²) >= 11 is 8.58. The molecule has 0 amide bonds. The molecule has 98 valence electrons. The van der Waals surface area contributed by atoms with Gasteiger partial charge in [0, 0.05) is 10.9 Å². The first-order valence-corrected chi connectivity index (χ1v) is 7.03. The lowest BCUT2D eigenvalue weighted by molar-refractivity contribution is 0.780. The number of hydrogen-bond acceptors (Lipinski definition) is 3. The first kappa shape index (κ1) is 13.9. The largest absolute Gasteiger partial charge is 0.250 e. The Morgan fingerprint density at radius 3 is 2.89 bits per heavy atom. The van der Waals surface area contributed by atoms with Gasteiger partial charge in [-0.2, -0.15) is 14.9 Å². The van der Waals surface area contributed by atoms with Crippen LogP contribution in [0, 0.1) is 4.77 Å². The fourth-order valence-electron chi connectivity index (χ4n) is 1.53. The Morgan fingerprint density at radius 2 is 2.21 bits per heavy atom. The molecule has 0 atom stereocenters. The summed E-state index contributed by atoms with van der Waals surface area (Å²) in [6.45, 7) is 2.01. The van der Waals surface area contributed by atoms with Crippen LogP contribution in [0.1, 0.15) is 18.3 Å². The van der Waals surface area contributed by atoms with Crippen molar-refractivity contribution < 1.29 is 0 Å². The van der Waals surface area contributed by atoms with Gasteiger partial charge in [0.25, 0.3) is 0 Å². The molecule has 1 aromatic carbocycles. The Labute approximate surface area is 125 Å². The zero-order chi connectivity index (χ0) is 13.7. The molecule has 4 nitrogen and oxygen atoms in total. The number of benzene rings is 1. The zero-order valence-electron chi connectivity index (χ0n) is 10.4. The normalized spacial score (nSPS) is 12.2. The van der Waals surface area contributed by atoms with E-state index in [2.05, 4.69) is 31.2 Å². The highest BCUT2D eigenvalue weighted by atomic mass is 79.9. The van der Waals surface area contributed by atoms with Gasteiger partial charge in [0.1, 0.15) is 0 Å². The van der Waals surface area contributed by atoms with E-state index < -0.39 is 0 Å². The number of H-pyrrole nitrogens is 1. The highest BCUT2D eigenvalue weighted by molar-refractivity contribution is 9.12. The van der Waals surface area contributed by atoms with E-state index in [4.69, 9.17) is 12.2 Å². The quantitative estimate of drug-likeness (QED) is 0.682. The van der Waals surface area contributed by atoms with Crippen LogP contribution >= 0.6 is 28.1 Å². The van der Waals surface area contributed by atoms with Crippen molar-refractivity contribution in [1.82, 2.24) is 14.9 Å². The summed E-state index contributed by atoms with van der Waals surface area (Å²) in [5.41, 5.74) is 1.10. The van der Waals surface area contributed by atoms with E-state index in [9.17, 15) is 0 Å². The molecule has 0 spiro atoms. The van der Waals surface area contributed by atoms with Crippen LogP contribution in [-0.4, -0.2) is 21.1 Å². The minimum Gasteiger partial charge on any atom is -0.250 e. The van der Waals surface area contributed by atoms with Crippen LogP contribution in [0.5, 0.6) is 0 Å². The molecule has 0 fully saturated rings. The maximum Gasteiger partial charge on any atom is 0.216 e. The summed E-state index contributed by atoms with van der Waals surface area (Å²) in [7, 11) is 0. The van der Waals surface area contributed by atoms with Crippen LogP contribution < -0.4 is 0 Å². The third-order valence-electron chi connectivity index (χ3n) is 2.43. The Balaban J connectivity index is 2.21. The second-order valence-electron chi connectivity index (χ2n) is 3.79. The van der Waals surface area contributed by atoms with E-state index in [0.717, 1.165) is 22.3 Å². The summed E-state index contributed by atoms with van der Waals surface area (Å²) in [5.74, 6) is 0.807. The molecule has 0 saturated carbocycles. The minimum absolute atomic E-state index is 0.494. The average molecular weight is 337 g/mol. The van der Waals surface area contributed by atoms with Crippen molar-refractivity contribution in [2.75, 3.05) is 0 Å². The molecule has 0 saturated heterocycles. The van der Waals surface area contributed by atoms with Gasteiger partial charge in [-0.25, -0.2) is 0 Å². The summed E-state index contributed by atoms with van der Waals surface area (Å²) < 4.78 is 2.98. The van der Waals surface area contributed by atoms with Crippen molar-refractivity contribution in [3.63, 3.8) is 0 Å². The molecule has 0 aliphatic rings. The first-order chi connectivity index (χ1) is 9.20. The lowest BCUT2D eigenvalue weighted by Crippen LogP contribution is -1.96. The fraction of sp³-hybridized carbons (Fsp3) is 0.154. The van der Waals surface area contributed by atoms with Gasteiger partial charge in [0.2, 0.25) is 4.77 Å². The predicted octanol–water partition coefficient (Wildman–Crippen LogP) is 3.77. The number of nitrogens with zero attached hydrogens (tertiary/aromatic N) is 3. The number of allylic oxidation sites excluding steroid dienone is 1. The Morgan fingerprint density at radius 1 is 1.47 bits per heavy atom. The smallest absolute Gasteiger partial charge is 0.216 e. The van der Waals surface area contributed by atoms with Gasteiger partial charge in [-0.05, 0) is 39.8 Å². The highest BCUT2D eigenvalue weighted by Gasteiger charge is 2.00. The molecule has 0 radical (unpaired) electrons. The van der Waals surface area contributed by atoms with Crippen molar-refractivity contribution in [1.29, 1.82) is 0 Å². The second-order valence-corrected chi connectivity index (χ2v) is 5.10. The van der Waals surface area contributed by atoms with Gasteiger partial charge >= 0.3 is 0 Å². The van der Waals surface area contributed by atoms with Crippen LogP contribution in [0.4, 0.5) is 0 Å². The minimum atomic E-state index is 0.494. The molecule has 2 aromatic rings. The number of nitrogens with one attached hydrogen (secondary N) is 1. The fourth-order valence-corrected chi connectivity index (χ4v) is 2.08. The summed E-state index contributed by atoms with van der Waals surface area (Å²) in [6.07, 6.45) is 4.46. The van der Waals surface area contributed by atoms with E-state index >= 15 is 0 Å². The van der Waals surface area contributed by atoms with Crippen LogP contribution in [0.2, 0.25) is 0 Å². The van der Waals surface area contributed by atoms with E-state index in [-0.39, 0.29) is 0 Å². The SMILES string of the molecule is CCc1n[nH]c(=S)n1/N=C/C(Br)=C/c1ccccc1. The number of aromatic amines is 1. The van der Waals surface area contributed by atoms with Crippen molar-refractivity contribution >= 4 is 40.4 Å². The van der Waals surface area contributed by atoms with Gasteiger partial charge in [-0.1, -0.05) is 37.3 Å². The Bertz CT molecular complexity index is 655. The first-order valence-electron chi connectivity index (χ1n) is 5.83. The van der Waals surface area contributed by atoms with Crippen LogP contribution in [0.25, 0.3) is 6.08 Å². The number of aromatic nitrogens is 3. The van der Waals surface area contributed by atoms with Gasteiger partial charge in [0.15, 0.2) is 5.82 Å². The maximum atomic E-state index is 5.12. The van der Waals surface area contributed by atoms with Crippen molar-refractivity contribution in [3.05, 3.63) is 51.0 Å². The molecule has 1 aromatic heterocycles. The third-order valence-corrected chi connectivity index (χ3v) is 3.13. The topological polar surface area (TPSA) is 46.0 Å². The van der Waals surface area contributed by atoms with Crippen molar-refractivity contribution in [3.8, 4) is 0 Å². The standard InChI is InChI=1S/C13H13BrN4S/c1-2-12-16-17-13(19)18(12)15-9-11(14)8-10-6-4-3-5-7-10/h3-9H,2H2,1H3,(H,17,19)/b11-8-,15-9+. The van der Waals surface area contributed by atoms with Crippen molar-refractivity contribution in [2.45, 2.75) is 13.3 Å². The molecular formula is C13H13BrN4S. The summed E-state index contributed by atoms with van der Waals surface area (Å²) in [5, 5.41) is 11.1. The maximum absolute atomic E-state index is 5.12. The second kappa shape index (κ2) is 6.58. The van der Waals surface area contributed by atoms with Gasteiger partial charge in [-0.3, -0.25) is 5.10 Å². The Hall–Kier alpha value is -1.53. The van der Waals surface area contributed by atoms with E-state index in [0.29, 0.717) is 4.77 Å². The van der Waals surface area contributed by atoms with Gasteiger partial charge in [0.05, 0.1) is 6.21 Å². The number of aryl methyl sites for hydroxylation is 1. The molecule has 0 unspecified atom stereocenters. The molecule has 1 N–H and O–H groups in total. The van der Waals surface area contributed by atoms with Crippen LogP contribution in [-0.2, 0) is 6.42 Å². The molecule has 6 heteroatoms. The molecule has 1 heterocycles. The summed E-state index contributed by atoms with van der Waals surface area (Å²) in [4.78, 5) is 0. The monoisotopic (exact) mass is 336 g/mol. The Kier molecular flexibility index (Phi) is 4.81. The number of hydrogen-bond donors (Lipinski definition) is 1. The highest BCUT2D eigenvalue weighted by Crippen LogP contribution is 2.10. The predicted molar refractivity (Wildman–Crippen MR) is 84.0 cm³/mol. The lowest BCUT2D eigenvalue weighted by Gasteiger charge is -1.96. The number of rotatable bonds is 4. The van der Waals surface area contributed by atoms with E-state index in [1.807, 2.05) is 43.3 Å². The zero-order valence-corrected chi connectivity index (χ0v) is 12.8. The van der Waals surface area contributed by atoms with Crippen LogP contribution in [0.3, 0.4) is 0 Å². The van der Waals surface area contributed by atoms with Gasteiger partial charge in [-0.15, -0.1) is 0 Å². The lowest BCUT2D eigenvalue weighted by atomic mass is 10.2. The van der Waals surface area contributed by atoms with E-state index in [1.54, 1.807) is 10.9 Å². The molecule has 0 aliphatic heterocycles. The average Bonchev–Trinajstić information content (AvgIpc) is 2.78. The third kappa shape index (κ3) is 3.71. The van der Waals surface area contributed by atoms with Crippen LogP contribution in [0.15, 0.2) is 39.9 Å². The molecule has 0 bridgehead atoms. The van der Waals surface area contributed by atoms with E-state index in [1.165, 1.54) is 0 Å².